The van der Waals surface area contributed by atoms with E-state index in [4.69, 9.17) is 10.5 Å². The van der Waals surface area contributed by atoms with Gasteiger partial charge in [-0.1, -0.05) is 30.3 Å². The van der Waals surface area contributed by atoms with Gasteiger partial charge in [-0.3, -0.25) is 9.20 Å². The van der Waals surface area contributed by atoms with Gasteiger partial charge in [0.15, 0.2) is 0 Å². The van der Waals surface area contributed by atoms with Crippen molar-refractivity contribution < 1.29 is 4.74 Å². The van der Waals surface area contributed by atoms with Crippen LogP contribution in [-0.2, 0) is 6.61 Å². The minimum atomic E-state index is -0.225. The van der Waals surface area contributed by atoms with E-state index in [1.54, 1.807) is 17.5 Å². The summed E-state index contributed by atoms with van der Waals surface area (Å²) >= 11 is 0. The molecule has 0 amide bonds. The van der Waals surface area contributed by atoms with Crippen molar-refractivity contribution in [3.05, 3.63) is 75.2 Å². The Morgan fingerprint density at radius 3 is 2.62 bits per heavy atom. The Morgan fingerprint density at radius 1 is 1.25 bits per heavy atom. The van der Waals surface area contributed by atoms with Crippen LogP contribution in [-0.4, -0.2) is 9.38 Å². The first-order valence-electron chi connectivity index (χ1n) is 7.93. The first kappa shape index (κ1) is 16.2. The number of ether oxygens (including phenoxy) is 1. The maximum absolute atomic E-state index is 12.7. The zero-order valence-corrected chi connectivity index (χ0v) is 14.1. The lowest BCUT2D eigenvalue weighted by Crippen LogP contribution is -2.22. The predicted octanol–water partition coefficient (Wildman–Crippen LogP) is 2.91. The van der Waals surface area contributed by atoms with Gasteiger partial charge in [0, 0.05) is 17.8 Å². The van der Waals surface area contributed by atoms with Crippen molar-refractivity contribution in [3.63, 3.8) is 0 Å². The van der Waals surface area contributed by atoms with Crippen LogP contribution in [0.15, 0.2) is 47.4 Å². The van der Waals surface area contributed by atoms with Gasteiger partial charge in [-0.05, 0) is 38.0 Å². The Labute approximate surface area is 140 Å². The molecule has 0 unspecified atom stereocenters. The van der Waals surface area contributed by atoms with E-state index in [1.807, 2.05) is 50.2 Å². The number of aromatic nitrogens is 2. The van der Waals surface area contributed by atoms with Crippen LogP contribution in [0.3, 0.4) is 0 Å². The van der Waals surface area contributed by atoms with Gasteiger partial charge in [0.25, 0.3) is 5.56 Å². The molecule has 0 saturated heterocycles. The highest BCUT2D eigenvalue weighted by atomic mass is 16.5. The molecular weight excluding hydrogens is 302 g/mol. The lowest BCUT2D eigenvalue weighted by molar-refractivity contribution is 0.291. The number of pyridine rings is 1. The van der Waals surface area contributed by atoms with Crippen LogP contribution in [0.4, 0.5) is 0 Å². The van der Waals surface area contributed by atoms with E-state index in [9.17, 15) is 4.79 Å². The molecule has 0 aliphatic rings. The van der Waals surface area contributed by atoms with Gasteiger partial charge in [-0.25, -0.2) is 0 Å². The molecule has 0 spiro atoms. The van der Waals surface area contributed by atoms with Crippen molar-refractivity contribution in [2.75, 3.05) is 0 Å². The van der Waals surface area contributed by atoms with Gasteiger partial charge in [0.2, 0.25) is 5.88 Å². The third-order valence-corrected chi connectivity index (χ3v) is 3.98. The lowest BCUT2D eigenvalue weighted by Gasteiger charge is -2.15. The maximum atomic E-state index is 12.7. The molecule has 0 fully saturated rings. The molecule has 2 heterocycles. The van der Waals surface area contributed by atoms with E-state index in [0.29, 0.717) is 23.7 Å². The van der Waals surface area contributed by atoms with Crippen molar-refractivity contribution >= 4 is 5.65 Å². The quantitative estimate of drug-likeness (QED) is 0.801. The van der Waals surface area contributed by atoms with E-state index in [2.05, 4.69) is 4.98 Å². The molecule has 1 aromatic carbocycles. The predicted molar refractivity (Wildman–Crippen MR) is 94.3 cm³/mol. The van der Waals surface area contributed by atoms with Gasteiger partial charge in [-0.2, -0.15) is 4.98 Å². The Hall–Kier alpha value is -2.66. The fourth-order valence-corrected chi connectivity index (χ4v) is 2.68. The second kappa shape index (κ2) is 6.45. The number of aryl methyl sites for hydroxylation is 1. The Morgan fingerprint density at radius 2 is 1.96 bits per heavy atom. The first-order valence-corrected chi connectivity index (χ1v) is 7.93. The largest absolute Gasteiger partial charge is 0.472 e. The van der Waals surface area contributed by atoms with Crippen molar-refractivity contribution in [1.29, 1.82) is 0 Å². The fraction of sp³-hybridized carbons (Fsp3) is 0.263. The number of nitrogens with two attached hydrogens (primary N) is 1. The van der Waals surface area contributed by atoms with Gasteiger partial charge in [0.05, 0.1) is 5.56 Å². The third-order valence-electron chi connectivity index (χ3n) is 3.98. The molecule has 24 heavy (non-hydrogen) atoms. The summed E-state index contributed by atoms with van der Waals surface area (Å²) in [6.45, 7) is 5.91. The highest BCUT2D eigenvalue weighted by molar-refractivity contribution is 5.53. The van der Waals surface area contributed by atoms with Crippen molar-refractivity contribution in [2.45, 2.75) is 33.4 Å². The molecule has 5 heteroatoms. The molecule has 124 valence electrons. The van der Waals surface area contributed by atoms with Crippen LogP contribution >= 0.6 is 0 Å². The molecule has 0 aliphatic heterocycles. The van der Waals surface area contributed by atoms with E-state index < -0.39 is 0 Å². The van der Waals surface area contributed by atoms with Crippen molar-refractivity contribution in [1.82, 2.24) is 9.38 Å². The number of hydrogen-bond acceptors (Lipinski definition) is 4. The molecule has 3 rings (SSSR count). The number of benzene rings is 1. The van der Waals surface area contributed by atoms with Crippen molar-refractivity contribution in [3.8, 4) is 5.88 Å². The maximum Gasteiger partial charge on any atom is 0.264 e. The SMILES string of the molecule is Cc1cc([C@@H](C)N)c2nc(OCc3ccccc3)c(C)c(=O)n2c1. The summed E-state index contributed by atoms with van der Waals surface area (Å²) in [6.07, 6.45) is 1.78. The molecule has 5 nitrogen and oxygen atoms in total. The van der Waals surface area contributed by atoms with Gasteiger partial charge >= 0.3 is 0 Å². The van der Waals surface area contributed by atoms with E-state index >= 15 is 0 Å². The summed E-state index contributed by atoms with van der Waals surface area (Å²) in [5, 5.41) is 0. The topological polar surface area (TPSA) is 69.6 Å². The molecule has 3 aromatic rings. The fourth-order valence-electron chi connectivity index (χ4n) is 2.68. The van der Waals surface area contributed by atoms with Crippen LogP contribution in [0.1, 0.15) is 35.2 Å². The number of nitrogens with zero attached hydrogens (tertiary/aromatic N) is 2. The minimum Gasteiger partial charge on any atom is -0.472 e. The second-order valence-electron chi connectivity index (χ2n) is 6.08. The average molecular weight is 323 g/mol. The number of rotatable bonds is 4. The molecule has 2 N–H and O–H groups in total. The molecular formula is C19H21N3O2. The standard InChI is InChI=1S/C19H21N3O2/c1-12-9-16(14(3)20)17-21-18(13(2)19(23)22(17)10-12)24-11-15-7-5-4-6-8-15/h4-10,14H,11,20H2,1-3H3/t14-/m1/s1. The van der Waals surface area contributed by atoms with E-state index in [-0.39, 0.29) is 11.6 Å². The molecule has 1 atom stereocenters. The molecule has 0 saturated carbocycles. The summed E-state index contributed by atoms with van der Waals surface area (Å²) < 4.78 is 7.37. The van der Waals surface area contributed by atoms with Crippen molar-refractivity contribution in [2.24, 2.45) is 5.73 Å². The number of hydrogen-bond donors (Lipinski definition) is 1. The average Bonchev–Trinajstić information content (AvgIpc) is 2.57. The summed E-state index contributed by atoms with van der Waals surface area (Å²) in [5.74, 6) is 0.356. The summed E-state index contributed by atoms with van der Waals surface area (Å²) in [6, 6.07) is 11.5. The second-order valence-corrected chi connectivity index (χ2v) is 6.08. The Bertz CT molecular complexity index is 931. The highest BCUT2D eigenvalue weighted by Crippen LogP contribution is 2.21. The highest BCUT2D eigenvalue weighted by Gasteiger charge is 2.15. The Kier molecular flexibility index (Phi) is 4.36. The van der Waals surface area contributed by atoms with Crippen LogP contribution in [0, 0.1) is 13.8 Å². The minimum absolute atomic E-state index is 0.131. The van der Waals surface area contributed by atoms with Crippen LogP contribution in [0.25, 0.3) is 5.65 Å². The lowest BCUT2D eigenvalue weighted by atomic mass is 10.1. The zero-order chi connectivity index (χ0) is 17.3. The number of fused-ring (bicyclic) bond motifs is 1. The monoisotopic (exact) mass is 323 g/mol. The summed E-state index contributed by atoms with van der Waals surface area (Å²) in [7, 11) is 0. The van der Waals surface area contributed by atoms with Gasteiger partial charge in [0.1, 0.15) is 12.3 Å². The van der Waals surface area contributed by atoms with E-state index in [1.165, 1.54) is 0 Å². The normalized spacial score (nSPS) is 12.3. The van der Waals surface area contributed by atoms with E-state index in [0.717, 1.165) is 16.7 Å². The Balaban J connectivity index is 2.09. The molecule has 0 aliphatic carbocycles. The molecule has 0 bridgehead atoms. The molecule has 2 aromatic heterocycles. The smallest absolute Gasteiger partial charge is 0.264 e. The van der Waals surface area contributed by atoms with Crippen LogP contribution in [0.5, 0.6) is 5.88 Å². The van der Waals surface area contributed by atoms with Crippen LogP contribution < -0.4 is 16.0 Å². The summed E-state index contributed by atoms with van der Waals surface area (Å²) in [4.78, 5) is 17.3. The first-order chi connectivity index (χ1) is 11.5. The van der Waals surface area contributed by atoms with Gasteiger partial charge < -0.3 is 10.5 Å². The summed E-state index contributed by atoms with van der Waals surface area (Å²) in [5.41, 5.74) is 9.79. The molecule has 0 radical (unpaired) electrons. The third kappa shape index (κ3) is 3.03. The van der Waals surface area contributed by atoms with Crippen LogP contribution in [0.2, 0.25) is 0 Å². The van der Waals surface area contributed by atoms with Gasteiger partial charge in [-0.15, -0.1) is 0 Å². The zero-order valence-electron chi connectivity index (χ0n) is 14.1.